The van der Waals surface area contributed by atoms with E-state index in [1.807, 2.05) is 24.3 Å². The average molecular weight is 473 g/mol. The van der Waals surface area contributed by atoms with E-state index < -0.39 is 9.84 Å². The first-order valence-electron chi connectivity index (χ1n) is 8.45. The molecule has 1 saturated heterocycles. The average Bonchev–Trinajstić information content (AvgIpc) is 2.98. The van der Waals surface area contributed by atoms with E-state index >= 15 is 0 Å². The molecule has 5 nitrogen and oxygen atoms in total. The van der Waals surface area contributed by atoms with Crippen molar-refractivity contribution in [1.29, 1.82) is 0 Å². The van der Waals surface area contributed by atoms with Gasteiger partial charge in [-0.25, -0.2) is 8.42 Å². The molecule has 8 heteroatoms. The fourth-order valence-corrected chi connectivity index (χ4v) is 5.24. The second-order valence-corrected chi connectivity index (χ2v) is 10.0. The van der Waals surface area contributed by atoms with Gasteiger partial charge < -0.3 is 9.64 Å². The second kappa shape index (κ2) is 8.63. The van der Waals surface area contributed by atoms with Crippen LogP contribution < -0.4 is 4.74 Å². The predicted octanol–water partition coefficient (Wildman–Crippen LogP) is 3.70. The lowest BCUT2D eigenvalue weighted by molar-refractivity contribution is -0.136. The van der Waals surface area contributed by atoms with Crippen LogP contribution in [0.3, 0.4) is 0 Å². The maximum Gasteiger partial charge on any atom is 0.261 e. The molecule has 2 aromatic carbocycles. The third kappa shape index (κ3) is 5.70. The van der Waals surface area contributed by atoms with E-state index in [0.717, 1.165) is 10.0 Å². The predicted molar refractivity (Wildman–Crippen MR) is 109 cm³/mol. The highest BCUT2D eigenvalue weighted by molar-refractivity contribution is 9.10. The van der Waals surface area contributed by atoms with Crippen LogP contribution in [-0.2, 0) is 21.2 Å². The molecule has 1 heterocycles. The van der Waals surface area contributed by atoms with Crippen molar-refractivity contribution < 1.29 is 17.9 Å². The van der Waals surface area contributed by atoms with Crippen LogP contribution in [0.15, 0.2) is 53.0 Å². The van der Waals surface area contributed by atoms with Crippen LogP contribution >= 0.6 is 27.5 Å². The third-order valence-electron chi connectivity index (χ3n) is 4.39. The van der Waals surface area contributed by atoms with Crippen molar-refractivity contribution in [2.24, 2.45) is 0 Å². The molecule has 1 aliphatic rings. The monoisotopic (exact) mass is 471 g/mol. The zero-order valence-electron chi connectivity index (χ0n) is 14.5. The Bertz CT molecular complexity index is 918. The van der Waals surface area contributed by atoms with Gasteiger partial charge in [0, 0.05) is 22.1 Å². The summed E-state index contributed by atoms with van der Waals surface area (Å²) in [4.78, 5) is 14.4. The lowest BCUT2D eigenvalue weighted by Crippen LogP contribution is -2.43. The Labute approximate surface area is 172 Å². The van der Waals surface area contributed by atoms with Crippen molar-refractivity contribution >= 4 is 43.3 Å². The molecule has 1 aliphatic heterocycles. The lowest BCUT2D eigenvalue weighted by atomic mass is 10.1. The van der Waals surface area contributed by atoms with Gasteiger partial charge in [-0.15, -0.1) is 0 Å². The van der Waals surface area contributed by atoms with Gasteiger partial charge in [0.2, 0.25) is 0 Å². The molecular weight excluding hydrogens is 454 g/mol. The highest BCUT2D eigenvalue weighted by Crippen LogP contribution is 2.22. The van der Waals surface area contributed by atoms with Crippen LogP contribution in [0.4, 0.5) is 0 Å². The molecule has 3 rings (SSSR count). The van der Waals surface area contributed by atoms with E-state index in [1.165, 1.54) is 0 Å². The van der Waals surface area contributed by atoms with Gasteiger partial charge in [0.05, 0.1) is 11.5 Å². The van der Waals surface area contributed by atoms with Crippen LogP contribution in [0.25, 0.3) is 0 Å². The van der Waals surface area contributed by atoms with Gasteiger partial charge in [-0.05, 0) is 48.4 Å². The number of benzene rings is 2. The van der Waals surface area contributed by atoms with Crippen molar-refractivity contribution in [3.8, 4) is 5.75 Å². The van der Waals surface area contributed by atoms with E-state index in [9.17, 15) is 13.2 Å². The maximum absolute atomic E-state index is 12.8. The van der Waals surface area contributed by atoms with Gasteiger partial charge in [0.15, 0.2) is 16.4 Å². The summed E-state index contributed by atoms with van der Waals surface area (Å²) in [6.07, 6.45) is 0.437. The molecule has 0 unspecified atom stereocenters. The summed E-state index contributed by atoms with van der Waals surface area (Å²) in [6.45, 7) is 0.141. The summed E-state index contributed by atoms with van der Waals surface area (Å²) in [6, 6.07) is 14.0. The van der Waals surface area contributed by atoms with E-state index in [4.69, 9.17) is 16.3 Å². The molecule has 0 saturated carbocycles. The van der Waals surface area contributed by atoms with Crippen molar-refractivity contribution in [2.75, 3.05) is 18.1 Å². The summed E-state index contributed by atoms with van der Waals surface area (Å²) in [5.74, 6) is 0.413. The normalized spacial score (nSPS) is 18.2. The van der Waals surface area contributed by atoms with Gasteiger partial charge in [0.1, 0.15) is 5.75 Å². The summed E-state index contributed by atoms with van der Waals surface area (Å²) in [5.41, 5.74) is 0.851. The quantitative estimate of drug-likeness (QED) is 0.643. The fraction of sp³-hybridized carbons (Fsp3) is 0.316. The summed E-state index contributed by atoms with van der Waals surface area (Å²) in [5, 5.41) is 0.574. The lowest BCUT2D eigenvalue weighted by Gasteiger charge is -2.28. The number of hydrogen-bond donors (Lipinski definition) is 0. The van der Waals surface area contributed by atoms with E-state index in [1.54, 1.807) is 29.2 Å². The number of hydrogen-bond acceptors (Lipinski definition) is 4. The number of rotatable bonds is 6. The minimum atomic E-state index is -3.11. The zero-order valence-corrected chi connectivity index (χ0v) is 17.6. The van der Waals surface area contributed by atoms with E-state index in [-0.39, 0.29) is 30.1 Å². The Kier molecular flexibility index (Phi) is 6.44. The summed E-state index contributed by atoms with van der Waals surface area (Å²) in [7, 11) is -3.11. The highest BCUT2D eigenvalue weighted by Gasteiger charge is 2.34. The summed E-state index contributed by atoms with van der Waals surface area (Å²) < 4.78 is 30.3. The molecule has 2 aromatic rings. The molecule has 144 valence electrons. The molecule has 0 bridgehead atoms. The topological polar surface area (TPSA) is 63.7 Å². The number of ether oxygens (including phenoxy) is 1. The Morgan fingerprint density at radius 1 is 1.22 bits per heavy atom. The SMILES string of the molecule is O=C(COc1ccc(Br)cc1)N(Cc1cccc(Cl)c1)[C@H]1CCS(=O)(=O)C1. The smallest absolute Gasteiger partial charge is 0.261 e. The minimum absolute atomic E-state index is 0.0163. The molecule has 1 amide bonds. The van der Waals surface area contributed by atoms with E-state index in [0.29, 0.717) is 23.7 Å². The van der Waals surface area contributed by atoms with Crippen LogP contribution in [0.5, 0.6) is 5.75 Å². The number of nitrogens with zero attached hydrogens (tertiary/aromatic N) is 1. The van der Waals surface area contributed by atoms with Crippen molar-refractivity contribution in [3.05, 3.63) is 63.6 Å². The molecule has 0 aliphatic carbocycles. The van der Waals surface area contributed by atoms with Crippen LogP contribution in [0, 0.1) is 0 Å². The zero-order chi connectivity index (χ0) is 19.4. The molecular formula is C19H19BrClNO4S. The molecule has 0 radical (unpaired) electrons. The van der Waals surface area contributed by atoms with Crippen LogP contribution in [-0.4, -0.2) is 43.4 Å². The Balaban J connectivity index is 1.73. The standard InChI is InChI=1S/C19H19BrClNO4S/c20-15-4-6-18(7-5-15)26-12-19(23)22(17-8-9-27(24,25)13-17)11-14-2-1-3-16(21)10-14/h1-7,10,17H,8-9,11-13H2/t17-/m0/s1. The summed E-state index contributed by atoms with van der Waals surface area (Å²) >= 11 is 9.39. The maximum atomic E-state index is 12.8. The number of carbonyl (C=O) groups is 1. The van der Waals surface area contributed by atoms with Gasteiger partial charge in [0.25, 0.3) is 5.91 Å². The minimum Gasteiger partial charge on any atom is -0.484 e. The van der Waals surface area contributed by atoms with Gasteiger partial charge in [-0.2, -0.15) is 0 Å². The molecule has 27 heavy (non-hydrogen) atoms. The number of carbonyl (C=O) groups excluding carboxylic acids is 1. The van der Waals surface area contributed by atoms with Gasteiger partial charge in [-0.1, -0.05) is 39.7 Å². The Morgan fingerprint density at radius 3 is 2.59 bits per heavy atom. The molecule has 0 aromatic heterocycles. The first-order valence-corrected chi connectivity index (χ1v) is 11.4. The first-order chi connectivity index (χ1) is 12.8. The Hall–Kier alpha value is -1.57. The van der Waals surface area contributed by atoms with Crippen LogP contribution in [0.2, 0.25) is 5.02 Å². The Morgan fingerprint density at radius 2 is 1.96 bits per heavy atom. The fourth-order valence-electron chi connectivity index (χ4n) is 3.03. The number of amides is 1. The van der Waals surface area contributed by atoms with Crippen molar-refractivity contribution in [3.63, 3.8) is 0 Å². The van der Waals surface area contributed by atoms with Gasteiger partial charge >= 0.3 is 0 Å². The highest BCUT2D eigenvalue weighted by atomic mass is 79.9. The first kappa shape index (κ1) is 20.2. The number of halogens is 2. The van der Waals surface area contributed by atoms with Crippen molar-refractivity contribution in [2.45, 2.75) is 19.0 Å². The molecule has 1 fully saturated rings. The second-order valence-electron chi connectivity index (χ2n) is 6.45. The van der Waals surface area contributed by atoms with E-state index in [2.05, 4.69) is 15.9 Å². The molecule has 0 N–H and O–H groups in total. The number of sulfone groups is 1. The third-order valence-corrected chi connectivity index (χ3v) is 6.90. The van der Waals surface area contributed by atoms with Crippen LogP contribution in [0.1, 0.15) is 12.0 Å². The van der Waals surface area contributed by atoms with Crippen molar-refractivity contribution in [1.82, 2.24) is 4.90 Å². The molecule has 0 spiro atoms. The van der Waals surface area contributed by atoms with Gasteiger partial charge in [-0.3, -0.25) is 4.79 Å². The molecule has 1 atom stereocenters. The largest absolute Gasteiger partial charge is 0.484 e.